The van der Waals surface area contributed by atoms with Gasteiger partial charge in [-0.15, -0.1) is 0 Å². The van der Waals surface area contributed by atoms with Crippen molar-refractivity contribution in [2.45, 2.75) is 59.7 Å². The van der Waals surface area contributed by atoms with E-state index in [0.717, 1.165) is 16.7 Å². The van der Waals surface area contributed by atoms with E-state index in [1.54, 1.807) is 42.5 Å². The maximum Gasteiger partial charge on any atom is 0.333 e. The minimum atomic E-state index is -0.881. The molecule has 10 heteroatoms. The largest absolute Gasteiger partial charge is 0.490 e. The fraction of sp³-hybridized carbons (Fsp3) is 0.333. The number of rotatable bonds is 18. The number of carbonyl (C=O) groups excluding carboxylic acids is 4. The van der Waals surface area contributed by atoms with Gasteiger partial charge in [-0.1, -0.05) is 66.7 Å². The molecule has 0 aromatic heterocycles. The van der Waals surface area contributed by atoms with Crippen LogP contribution in [0.5, 0.6) is 11.5 Å². The maximum absolute atomic E-state index is 13.1. The van der Waals surface area contributed by atoms with Crippen LogP contribution < -0.4 is 9.47 Å². The summed E-state index contributed by atoms with van der Waals surface area (Å²) >= 11 is 0. The molecule has 0 N–H and O–H groups in total. The van der Waals surface area contributed by atoms with E-state index >= 15 is 0 Å². The number of aryl methyl sites for hydroxylation is 3. The molecule has 2 unspecified atom stereocenters. The molecule has 0 spiro atoms. The summed E-state index contributed by atoms with van der Waals surface area (Å²) in [7, 11) is 0. The van der Waals surface area contributed by atoms with Crippen LogP contribution in [0.15, 0.2) is 91.0 Å². The Morgan fingerprint density at radius 3 is 1.45 bits per heavy atom. The Morgan fingerprint density at radius 2 is 1.02 bits per heavy atom. The molecular weight excluding hydrogens is 628 g/mol. The van der Waals surface area contributed by atoms with E-state index in [2.05, 4.69) is 13.2 Å². The van der Waals surface area contributed by atoms with Gasteiger partial charge >= 0.3 is 23.9 Å². The first-order valence-electron chi connectivity index (χ1n) is 15.8. The summed E-state index contributed by atoms with van der Waals surface area (Å²) in [5.41, 5.74) is 4.61. The fourth-order valence-electron chi connectivity index (χ4n) is 4.27. The third-order valence-electron chi connectivity index (χ3n) is 7.10. The third-order valence-corrected chi connectivity index (χ3v) is 7.10. The minimum Gasteiger partial charge on any atom is -0.490 e. The molecule has 260 valence electrons. The molecule has 0 heterocycles. The molecule has 0 aliphatic heterocycles. The lowest BCUT2D eigenvalue weighted by Crippen LogP contribution is -2.32. The lowest BCUT2D eigenvalue weighted by Gasteiger charge is -2.20. The van der Waals surface area contributed by atoms with Crippen LogP contribution in [-0.4, -0.2) is 62.5 Å². The average molecular weight is 673 g/mol. The highest BCUT2D eigenvalue weighted by Gasteiger charge is 2.22. The van der Waals surface area contributed by atoms with E-state index in [1.165, 1.54) is 13.8 Å². The molecule has 0 saturated heterocycles. The van der Waals surface area contributed by atoms with Crippen LogP contribution in [0, 0.1) is 20.8 Å². The van der Waals surface area contributed by atoms with Gasteiger partial charge in [0.15, 0.2) is 12.2 Å². The van der Waals surface area contributed by atoms with E-state index in [1.807, 2.05) is 45.0 Å². The average Bonchev–Trinajstić information content (AvgIpc) is 3.06. The van der Waals surface area contributed by atoms with Crippen molar-refractivity contribution in [2.75, 3.05) is 26.4 Å². The van der Waals surface area contributed by atoms with Crippen molar-refractivity contribution < 1.29 is 47.6 Å². The Kier molecular flexibility index (Phi) is 14.6. The van der Waals surface area contributed by atoms with Gasteiger partial charge in [-0.2, -0.15) is 0 Å². The van der Waals surface area contributed by atoms with Crippen LogP contribution in [0.2, 0.25) is 0 Å². The summed E-state index contributed by atoms with van der Waals surface area (Å²) in [4.78, 5) is 50.1. The molecular formula is C39H44O10. The second kappa shape index (κ2) is 18.8. The Hall–Kier alpha value is -5.38. The van der Waals surface area contributed by atoms with E-state index in [4.69, 9.17) is 28.4 Å². The summed E-state index contributed by atoms with van der Waals surface area (Å²) in [5, 5.41) is 0. The summed E-state index contributed by atoms with van der Waals surface area (Å²) in [5.74, 6) is -1.21. The third kappa shape index (κ3) is 13.7. The van der Waals surface area contributed by atoms with E-state index in [9.17, 15) is 19.2 Å². The molecule has 3 aromatic carbocycles. The second-order valence-electron chi connectivity index (χ2n) is 11.8. The zero-order chi connectivity index (χ0) is 35.9. The predicted molar refractivity (Wildman–Crippen MR) is 183 cm³/mol. The molecule has 0 amide bonds. The number of hydrogen-bond donors (Lipinski definition) is 0. The maximum atomic E-state index is 13.1. The molecule has 0 saturated carbocycles. The number of hydrogen-bond acceptors (Lipinski definition) is 10. The van der Waals surface area contributed by atoms with E-state index in [0.29, 0.717) is 22.6 Å². The molecule has 3 rings (SSSR count). The van der Waals surface area contributed by atoms with Crippen LogP contribution in [0.25, 0.3) is 0 Å². The summed E-state index contributed by atoms with van der Waals surface area (Å²) in [6.07, 6.45) is -1.97. The van der Waals surface area contributed by atoms with Crippen LogP contribution in [0.3, 0.4) is 0 Å². The quantitative estimate of drug-likeness (QED) is 0.0915. The summed E-state index contributed by atoms with van der Waals surface area (Å²) in [6, 6.07) is 20.0. The topological polar surface area (TPSA) is 124 Å². The van der Waals surface area contributed by atoms with Gasteiger partial charge in [0.1, 0.15) is 37.9 Å². The van der Waals surface area contributed by atoms with Gasteiger partial charge in [-0.25, -0.2) is 9.59 Å². The molecule has 2 atom stereocenters. The van der Waals surface area contributed by atoms with Crippen molar-refractivity contribution in [1.29, 1.82) is 0 Å². The lowest BCUT2D eigenvalue weighted by molar-refractivity contribution is -0.158. The first-order chi connectivity index (χ1) is 23.3. The highest BCUT2D eigenvalue weighted by molar-refractivity contribution is 5.87. The van der Waals surface area contributed by atoms with Crippen LogP contribution in [-0.2, 0) is 51.0 Å². The van der Waals surface area contributed by atoms with Gasteiger partial charge in [0.05, 0.1) is 12.8 Å². The minimum absolute atomic E-state index is 0.0419. The molecule has 0 fully saturated rings. The Labute approximate surface area is 287 Å². The van der Waals surface area contributed by atoms with Crippen molar-refractivity contribution in [2.24, 2.45) is 0 Å². The number of benzene rings is 3. The molecule has 0 aliphatic rings. The lowest BCUT2D eigenvalue weighted by atomic mass is 10.0. The van der Waals surface area contributed by atoms with Gasteiger partial charge in [-0.05, 0) is 75.6 Å². The molecule has 10 nitrogen and oxygen atoms in total. The van der Waals surface area contributed by atoms with Crippen molar-refractivity contribution in [3.8, 4) is 11.5 Å². The Balaban J connectivity index is 1.63. The SMILES string of the molecule is C=C(C)C(=O)OCC(COc1ccc(C)cc1)OC(=O)Cc1ccc(C)c(CC(=O)OC(COC(=O)C(=C)C)COc2ccc(C)cc2)c1. The molecule has 0 bridgehead atoms. The molecule has 49 heavy (non-hydrogen) atoms. The van der Waals surface area contributed by atoms with Crippen molar-refractivity contribution in [3.63, 3.8) is 0 Å². The Morgan fingerprint density at radius 1 is 0.592 bits per heavy atom. The fourth-order valence-corrected chi connectivity index (χ4v) is 4.27. The number of carbonyl (C=O) groups is 4. The second-order valence-corrected chi connectivity index (χ2v) is 11.8. The first-order valence-corrected chi connectivity index (χ1v) is 15.8. The monoisotopic (exact) mass is 672 g/mol. The van der Waals surface area contributed by atoms with Crippen molar-refractivity contribution in [1.82, 2.24) is 0 Å². The van der Waals surface area contributed by atoms with Gasteiger partial charge in [-0.3, -0.25) is 9.59 Å². The standard InChI is InChI=1S/C39H44O10/c1-25(2)38(42)46-23-34(21-44-32-14-8-27(5)9-15-32)48-36(40)19-30-13-12-29(7)31(18-30)20-37(41)49-35(24-47-39(43)26(3)4)22-45-33-16-10-28(6)11-17-33/h8-18,34-35H,1,3,19-24H2,2,4-7H3. The van der Waals surface area contributed by atoms with Gasteiger partial charge < -0.3 is 28.4 Å². The van der Waals surface area contributed by atoms with Gasteiger partial charge in [0, 0.05) is 11.1 Å². The highest BCUT2D eigenvalue weighted by Crippen LogP contribution is 2.17. The summed E-state index contributed by atoms with van der Waals surface area (Å²) < 4.78 is 33.4. The highest BCUT2D eigenvalue weighted by atomic mass is 16.6. The summed E-state index contributed by atoms with van der Waals surface area (Å²) in [6.45, 7) is 15.4. The first kappa shape index (κ1) is 38.1. The predicted octanol–water partition coefficient (Wildman–Crippen LogP) is 5.92. The van der Waals surface area contributed by atoms with Crippen LogP contribution in [0.1, 0.15) is 41.7 Å². The van der Waals surface area contributed by atoms with Crippen LogP contribution in [0.4, 0.5) is 0 Å². The smallest absolute Gasteiger partial charge is 0.333 e. The van der Waals surface area contributed by atoms with Crippen molar-refractivity contribution in [3.05, 3.63) is 119 Å². The van der Waals surface area contributed by atoms with E-state index in [-0.39, 0.29) is 50.4 Å². The zero-order valence-electron chi connectivity index (χ0n) is 28.7. The van der Waals surface area contributed by atoms with E-state index < -0.39 is 36.1 Å². The van der Waals surface area contributed by atoms with Crippen molar-refractivity contribution >= 4 is 23.9 Å². The zero-order valence-corrected chi connectivity index (χ0v) is 28.7. The normalized spacial score (nSPS) is 11.8. The number of ether oxygens (including phenoxy) is 6. The molecule has 3 aromatic rings. The molecule has 0 aliphatic carbocycles. The molecule has 0 radical (unpaired) electrons. The number of esters is 4. The Bertz CT molecular complexity index is 1620. The van der Waals surface area contributed by atoms with Crippen LogP contribution >= 0.6 is 0 Å². The van der Waals surface area contributed by atoms with Gasteiger partial charge in [0.25, 0.3) is 0 Å². The van der Waals surface area contributed by atoms with Gasteiger partial charge in [0.2, 0.25) is 0 Å².